The lowest BCUT2D eigenvalue weighted by molar-refractivity contribution is 0.574. The van der Waals surface area contributed by atoms with Crippen molar-refractivity contribution in [1.29, 1.82) is 0 Å². The average molecular weight is 283 g/mol. The van der Waals surface area contributed by atoms with E-state index in [0.29, 0.717) is 5.82 Å². The third-order valence-electron chi connectivity index (χ3n) is 3.41. The van der Waals surface area contributed by atoms with Crippen molar-refractivity contribution in [3.8, 4) is 16.9 Å². The molecule has 6 nitrogen and oxygen atoms in total. The summed E-state index contributed by atoms with van der Waals surface area (Å²) >= 11 is 0. The number of nitrogens with one attached hydrogen (secondary N) is 1. The first-order valence-electron chi connectivity index (χ1n) is 6.77. The molecule has 3 aromatic rings. The smallest absolute Gasteiger partial charge is 0.332 e. The van der Waals surface area contributed by atoms with Crippen LogP contribution in [0.15, 0.2) is 47.5 Å². The van der Waals surface area contributed by atoms with E-state index < -0.39 is 0 Å². The van der Waals surface area contributed by atoms with Crippen molar-refractivity contribution >= 4 is 5.82 Å². The Morgan fingerprint density at radius 1 is 1.19 bits per heavy atom. The van der Waals surface area contributed by atoms with Crippen molar-refractivity contribution in [2.45, 2.75) is 19.9 Å². The maximum atomic E-state index is 12.3. The van der Waals surface area contributed by atoms with E-state index >= 15 is 0 Å². The number of nitrogens with two attached hydrogens (primary N) is 1. The highest BCUT2D eigenvalue weighted by atomic mass is 16.1. The SMILES string of the molecule is CC(C)n1ccn(-c2ccc(-c3cc(N)n[nH]3)cc2)c1=O. The number of H-pyrrole nitrogens is 1. The monoisotopic (exact) mass is 283 g/mol. The molecule has 0 fully saturated rings. The summed E-state index contributed by atoms with van der Waals surface area (Å²) in [4.78, 5) is 12.3. The van der Waals surface area contributed by atoms with Crippen LogP contribution in [0.25, 0.3) is 16.9 Å². The Kier molecular flexibility index (Phi) is 3.13. The molecule has 3 N–H and O–H groups in total. The summed E-state index contributed by atoms with van der Waals surface area (Å²) in [6.07, 6.45) is 3.59. The van der Waals surface area contributed by atoms with Gasteiger partial charge in [0, 0.05) is 24.5 Å². The molecule has 0 unspecified atom stereocenters. The first-order valence-corrected chi connectivity index (χ1v) is 6.77. The molecule has 0 atom stereocenters. The van der Waals surface area contributed by atoms with Gasteiger partial charge in [-0.05, 0) is 31.5 Å². The van der Waals surface area contributed by atoms with Crippen molar-refractivity contribution in [1.82, 2.24) is 19.3 Å². The Bertz CT molecular complexity index is 807. The Labute approximate surface area is 121 Å². The van der Waals surface area contributed by atoms with Crippen LogP contribution in [0.3, 0.4) is 0 Å². The molecule has 2 heterocycles. The number of rotatable bonds is 3. The van der Waals surface area contributed by atoms with Gasteiger partial charge in [0.2, 0.25) is 0 Å². The van der Waals surface area contributed by atoms with Gasteiger partial charge in [0.15, 0.2) is 0 Å². The maximum absolute atomic E-state index is 12.3. The minimum atomic E-state index is -0.0384. The number of imidazole rings is 1. The molecule has 0 radical (unpaired) electrons. The summed E-state index contributed by atoms with van der Waals surface area (Å²) in [5.41, 5.74) is 8.21. The fraction of sp³-hybridized carbons (Fsp3) is 0.200. The van der Waals surface area contributed by atoms with E-state index in [1.54, 1.807) is 27.6 Å². The predicted octanol–water partition coefficient (Wildman–Crippen LogP) is 2.19. The second-order valence-corrected chi connectivity index (χ2v) is 5.21. The van der Waals surface area contributed by atoms with Gasteiger partial charge in [-0.25, -0.2) is 4.79 Å². The fourth-order valence-electron chi connectivity index (χ4n) is 2.27. The Morgan fingerprint density at radius 2 is 1.90 bits per heavy atom. The highest BCUT2D eigenvalue weighted by molar-refractivity contribution is 5.63. The van der Waals surface area contributed by atoms with Crippen LogP contribution in [0.1, 0.15) is 19.9 Å². The Hall–Kier alpha value is -2.76. The van der Waals surface area contributed by atoms with Crippen LogP contribution in [0.5, 0.6) is 0 Å². The summed E-state index contributed by atoms with van der Waals surface area (Å²) in [5.74, 6) is 0.458. The molecule has 21 heavy (non-hydrogen) atoms. The number of nitrogens with zero attached hydrogens (tertiary/aromatic N) is 3. The number of anilines is 1. The fourth-order valence-corrected chi connectivity index (χ4v) is 2.27. The molecule has 0 aliphatic heterocycles. The zero-order valence-electron chi connectivity index (χ0n) is 11.9. The minimum absolute atomic E-state index is 0.0384. The number of nitrogen functional groups attached to an aromatic ring is 1. The van der Waals surface area contributed by atoms with Crippen LogP contribution < -0.4 is 11.4 Å². The van der Waals surface area contributed by atoms with Gasteiger partial charge in [0.1, 0.15) is 5.82 Å². The van der Waals surface area contributed by atoms with Crippen LogP contribution >= 0.6 is 0 Å². The van der Waals surface area contributed by atoms with Gasteiger partial charge in [0.05, 0.1) is 11.4 Å². The van der Waals surface area contributed by atoms with E-state index in [0.717, 1.165) is 16.9 Å². The lowest BCUT2D eigenvalue weighted by atomic mass is 10.1. The van der Waals surface area contributed by atoms with Crippen molar-refractivity contribution in [2.24, 2.45) is 0 Å². The molecule has 1 aromatic carbocycles. The number of hydrogen-bond donors (Lipinski definition) is 2. The third-order valence-corrected chi connectivity index (χ3v) is 3.41. The quantitative estimate of drug-likeness (QED) is 0.773. The topological polar surface area (TPSA) is 81.6 Å². The van der Waals surface area contributed by atoms with Crippen LogP contribution in [0.2, 0.25) is 0 Å². The Morgan fingerprint density at radius 3 is 2.43 bits per heavy atom. The summed E-state index contributed by atoms with van der Waals surface area (Å²) in [6.45, 7) is 3.97. The molecule has 6 heteroatoms. The zero-order chi connectivity index (χ0) is 15.0. The van der Waals surface area contributed by atoms with E-state index in [1.807, 2.05) is 38.1 Å². The van der Waals surface area contributed by atoms with Gasteiger partial charge in [-0.3, -0.25) is 14.2 Å². The zero-order valence-corrected chi connectivity index (χ0v) is 11.9. The maximum Gasteiger partial charge on any atom is 0.332 e. The number of benzene rings is 1. The minimum Gasteiger partial charge on any atom is -0.382 e. The average Bonchev–Trinajstić information content (AvgIpc) is 3.05. The molecule has 0 aliphatic rings. The molecular weight excluding hydrogens is 266 g/mol. The van der Waals surface area contributed by atoms with Crippen LogP contribution in [0, 0.1) is 0 Å². The first-order chi connectivity index (χ1) is 10.1. The van der Waals surface area contributed by atoms with Gasteiger partial charge < -0.3 is 5.73 Å². The molecule has 0 saturated heterocycles. The molecule has 108 valence electrons. The molecule has 2 aromatic heterocycles. The van der Waals surface area contributed by atoms with E-state index in [4.69, 9.17) is 5.73 Å². The summed E-state index contributed by atoms with van der Waals surface area (Å²) in [6, 6.07) is 9.59. The van der Waals surface area contributed by atoms with E-state index in [9.17, 15) is 4.79 Å². The van der Waals surface area contributed by atoms with E-state index in [2.05, 4.69) is 10.2 Å². The van der Waals surface area contributed by atoms with Crippen LogP contribution in [-0.4, -0.2) is 19.3 Å². The lowest BCUT2D eigenvalue weighted by Gasteiger charge is -2.05. The molecule has 0 bridgehead atoms. The van der Waals surface area contributed by atoms with E-state index in [-0.39, 0.29) is 11.7 Å². The van der Waals surface area contributed by atoms with Gasteiger partial charge in [0.25, 0.3) is 0 Å². The van der Waals surface area contributed by atoms with E-state index in [1.165, 1.54) is 0 Å². The number of hydrogen-bond acceptors (Lipinski definition) is 3. The van der Waals surface area contributed by atoms with Crippen molar-refractivity contribution in [2.75, 3.05) is 5.73 Å². The number of aromatic nitrogens is 4. The molecule has 0 aliphatic carbocycles. The summed E-state index contributed by atoms with van der Waals surface area (Å²) < 4.78 is 3.33. The highest BCUT2D eigenvalue weighted by Gasteiger charge is 2.08. The number of aromatic amines is 1. The normalized spacial score (nSPS) is 11.2. The van der Waals surface area contributed by atoms with Gasteiger partial charge in [-0.1, -0.05) is 12.1 Å². The van der Waals surface area contributed by atoms with Crippen molar-refractivity contribution in [3.05, 3.63) is 53.2 Å². The molecular formula is C15H17N5O. The highest BCUT2D eigenvalue weighted by Crippen LogP contribution is 2.20. The van der Waals surface area contributed by atoms with Crippen molar-refractivity contribution in [3.63, 3.8) is 0 Å². The Balaban J connectivity index is 1.96. The molecule has 3 rings (SSSR count). The summed E-state index contributed by atoms with van der Waals surface area (Å²) in [5, 5.41) is 6.77. The van der Waals surface area contributed by atoms with Crippen LogP contribution in [-0.2, 0) is 0 Å². The first kappa shape index (κ1) is 13.2. The summed E-state index contributed by atoms with van der Waals surface area (Å²) in [7, 11) is 0. The van der Waals surface area contributed by atoms with Gasteiger partial charge >= 0.3 is 5.69 Å². The second-order valence-electron chi connectivity index (χ2n) is 5.21. The predicted molar refractivity (Wildman–Crippen MR) is 82.4 cm³/mol. The molecule has 0 spiro atoms. The van der Waals surface area contributed by atoms with Gasteiger partial charge in [-0.15, -0.1) is 0 Å². The standard InChI is InChI=1S/C15H17N5O/c1-10(2)19-7-8-20(15(19)21)12-5-3-11(4-6-12)13-9-14(16)18-17-13/h3-10H,1-2H3,(H3,16,17,18). The molecule has 0 amide bonds. The van der Waals surface area contributed by atoms with Crippen LogP contribution in [0.4, 0.5) is 5.82 Å². The van der Waals surface area contributed by atoms with Gasteiger partial charge in [-0.2, -0.15) is 5.10 Å². The lowest BCUT2D eigenvalue weighted by Crippen LogP contribution is -2.24. The largest absolute Gasteiger partial charge is 0.382 e. The molecule has 0 saturated carbocycles. The third kappa shape index (κ3) is 2.35. The second kappa shape index (κ2) is 4.97. The van der Waals surface area contributed by atoms with Crippen molar-refractivity contribution < 1.29 is 0 Å².